The average molecular weight is 616 g/mol. The fourth-order valence-corrected chi connectivity index (χ4v) is 6.57. The highest BCUT2D eigenvalue weighted by Crippen LogP contribution is 2.33. The number of nitrogens with one attached hydrogen (secondary N) is 1. The van der Waals surface area contributed by atoms with Gasteiger partial charge in [-0.2, -0.15) is 0 Å². The van der Waals surface area contributed by atoms with Gasteiger partial charge in [0.05, 0.1) is 29.3 Å². The van der Waals surface area contributed by atoms with Crippen LogP contribution in [0.4, 0.5) is 0 Å². The Hall–Kier alpha value is -3.22. The fraction of sp³-hybridized carbons (Fsp3) is 0.613. The molecule has 4 atom stereocenters. The third-order valence-electron chi connectivity index (χ3n) is 8.29. The van der Waals surface area contributed by atoms with E-state index in [0.29, 0.717) is 31.4 Å². The van der Waals surface area contributed by atoms with E-state index in [2.05, 4.69) is 15.3 Å². The van der Waals surface area contributed by atoms with Crippen LogP contribution >= 0.6 is 11.3 Å². The van der Waals surface area contributed by atoms with Gasteiger partial charge in [-0.1, -0.05) is 38.2 Å². The molecular weight excluding hydrogens is 570 g/mol. The van der Waals surface area contributed by atoms with Gasteiger partial charge >= 0.3 is 5.97 Å². The smallest absolute Gasteiger partial charge is 0.337 e. The van der Waals surface area contributed by atoms with E-state index in [-0.39, 0.29) is 18.8 Å². The number of thiazole rings is 1. The molecule has 1 saturated carbocycles. The van der Waals surface area contributed by atoms with Gasteiger partial charge in [-0.3, -0.25) is 19.5 Å². The molecule has 1 fully saturated rings. The van der Waals surface area contributed by atoms with Crippen molar-refractivity contribution in [3.8, 4) is 0 Å². The van der Waals surface area contributed by atoms with Crippen molar-refractivity contribution in [2.75, 3.05) is 13.6 Å². The molecule has 0 aliphatic heterocycles. The van der Waals surface area contributed by atoms with Gasteiger partial charge in [-0.05, 0) is 45.4 Å². The first kappa shape index (κ1) is 34.3. The van der Waals surface area contributed by atoms with Crippen molar-refractivity contribution in [2.45, 2.75) is 95.4 Å². The standard InChI is InChI=1S/C31H45N5O6S/c1-21(2)42-29(40)27(38)26(17-22-9-5-4-6-10-22)35-30(41)31(18-24-19-43-20-34-24,25(13-16-37)28(32)39)36(3)15-12-23-11-7-8-14-33-23/h7-8,11,14,16,19-22,25-27,38H,4-6,9-10,12-13,15,17-18H2,1-3H3,(H2,32,39)(H,35,41)/t25?,26-,27+,31-/m0/s1. The Bertz CT molecular complexity index is 1170. The second-order valence-corrected chi connectivity index (χ2v) is 12.4. The number of pyridine rings is 1. The molecule has 43 heavy (non-hydrogen) atoms. The largest absolute Gasteiger partial charge is 0.461 e. The summed E-state index contributed by atoms with van der Waals surface area (Å²) in [5.74, 6) is -3.30. The molecule has 2 amide bonds. The van der Waals surface area contributed by atoms with Crippen LogP contribution in [0.2, 0.25) is 0 Å². The molecule has 0 saturated heterocycles. The maximum atomic E-state index is 14.7. The van der Waals surface area contributed by atoms with Crippen LogP contribution < -0.4 is 11.1 Å². The molecule has 236 valence electrons. The molecule has 0 radical (unpaired) electrons. The zero-order valence-corrected chi connectivity index (χ0v) is 26.1. The number of aldehydes is 1. The molecule has 4 N–H and O–H groups in total. The predicted molar refractivity (Wildman–Crippen MR) is 163 cm³/mol. The van der Waals surface area contributed by atoms with Crippen molar-refractivity contribution in [1.82, 2.24) is 20.2 Å². The fourth-order valence-electron chi connectivity index (χ4n) is 6.02. The minimum Gasteiger partial charge on any atom is -0.461 e. The molecule has 0 bridgehead atoms. The van der Waals surface area contributed by atoms with Crippen molar-refractivity contribution in [3.63, 3.8) is 0 Å². The lowest BCUT2D eigenvalue weighted by molar-refractivity contribution is -0.160. The number of hydrogen-bond donors (Lipinski definition) is 3. The van der Waals surface area contributed by atoms with E-state index in [1.54, 1.807) is 42.9 Å². The molecular formula is C31H45N5O6S. The highest BCUT2D eigenvalue weighted by molar-refractivity contribution is 7.07. The van der Waals surface area contributed by atoms with Gasteiger partial charge in [-0.15, -0.1) is 11.3 Å². The summed E-state index contributed by atoms with van der Waals surface area (Å²) in [5.41, 5.74) is 7.20. The Balaban J connectivity index is 2.05. The first-order chi connectivity index (χ1) is 20.6. The second kappa shape index (κ2) is 16.6. The Morgan fingerprint density at radius 1 is 1.21 bits per heavy atom. The van der Waals surface area contributed by atoms with Crippen LogP contribution in [0.5, 0.6) is 0 Å². The maximum Gasteiger partial charge on any atom is 0.337 e. The number of nitrogens with zero attached hydrogens (tertiary/aromatic N) is 3. The Labute approximate surface area is 257 Å². The third-order valence-corrected chi connectivity index (χ3v) is 8.93. The lowest BCUT2D eigenvalue weighted by atomic mass is 9.75. The van der Waals surface area contributed by atoms with Gasteiger partial charge in [-0.25, -0.2) is 9.78 Å². The highest BCUT2D eigenvalue weighted by atomic mass is 32.1. The summed E-state index contributed by atoms with van der Waals surface area (Å²) in [7, 11) is 1.70. The molecule has 2 aromatic heterocycles. The number of esters is 1. The Morgan fingerprint density at radius 3 is 2.53 bits per heavy atom. The zero-order valence-electron chi connectivity index (χ0n) is 25.3. The normalized spacial score (nSPS) is 17.5. The van der Waals surface area contributed by atoms with Gasteiger partial charge in [0.15, 0.2) is 6.10 Å². The van der Waals surface area contributed by atoms with E-state index in [9.17, 15) is 24.3 Å². The first-order valence-corrected chi connectivity index (χ1v) is 15.9. The van der Waals surface area contributed by atoms with Gasteiger partial charge < -0.3 is 25.7 Å². The number of hydrogen-bond acceptors (Lipinski definition) is 10. The van der Waals surface area contributed by atoms with Gasteiger partial charge in [0, 0.05) is 43.1 Å². The van der Waals surface area contributed by atoms with Crippen LogP contribution in [0.3, 0.4) is 0 Å². The zero-order chi connectivity index (χ0) is 31.4. The summed E-state index contributed by atoms with van der Waals surface area (Å²) < 4.78 is 5.31. The van der Waals surface area contributed by atoms with Crippen LogP contribution in [0.1, 0.15) is 70.2 Å². The van der Waals surface area contributed by atoms with E-state index in [4.69, 9.17) is 10.5 Å². The van der Waals surface area contributed by atoms with Crippen molar-refractivity contribution < 1.29 is 29.0 Å². The number of aliphatic hydroxyl groups is 1. The molecule has 0 spiro atoms. The minimum atomic E-state index is -1.66. The summed E-state index contributed by atoms with van der Waals surface area (Å²) in [6.45, 7) is 3.67. The van der Waals surface area contributed by atoms with Crippen molar-refractivity contribution in [3.05, 3.63) is 46.7 Å². The number of rotatable bonds is 17. The molecule has 12 heteroatoms. The number of amides is 2. The van der Waals surface area contributed by atoms with Crippen LogP contribution in [0, 0.1) is 11.8 Å². The van der Waals surface area contributed by atoms with Gasteiger partial charge in [0.2, 0.25) is 11.8 Å². The molecule has 2 heterocycles. The van der Waals surface area contributed by atoms with Gasteiger partial charge in [0.25, 0.3) is 0 Å². The monoisotopic (exact) mass is 615 g/mol. The van der Waals surface area contributed by atoms with E-state index in [1.165, 1.54) is 11.3 Å². The lowest BCUT2D eigenvalue weighted by Crippen LogP contribution is -2.68. The van der Waals surface area contributed by atoms with Crippen LogP contribution in [0.15, 0.2) is 35.3 Å². The molecule has 1 unspecified atom stereocenters. The summed E-state index contributed by atoms with van der Waals surface area (Å²) in [6, 6.07) is 4.56. The quantitative estimate of drug-likeness (QED) is 0.179. The van der Waals surface area contributed by atoms with Crippen molar-refractivity contribution in [1.29, 1.82) is 0 Å². The highest BCUT2D eigenvalue weighted by Gasteiger charge is 2.52. The Kier molecular flexibility index (Phi) is 13.2. The number of aromatic nitrogens is 2. The number of carbonyl (C=O) groups is 4. The number of ether oxygens (including phenoxy) is 1. The third kappa shape index (κ3) is 9.38. The molecule has 3 rings (SSSR count). The number of primary amides is 1. The molecule has 1 aliphatic rings. The Morgan fingerprint density at radius 2 is 1.95 bits per heavy atom. The predicted octanol–water partition coefficient (Wildman–Crippen LogP) is 2.45. The van der Waals surface area contributed by atoms with E-state index in [0.717, 1.165) is 37.8 Å². The molecule has 1 aliphatic carbocycles. The SMILES string of the molecule is CC(C)OC(=O)[C@H](O)[C@H](CC1CCCCC1)NC(=O)[C@](Cc1cscn1)(C(CC=O)C(N)=O)N(C)CCc1ccccn1. The summed E-state index contributed by atoms with van der Waals surface area (Å²) >= 11 is 1.34. The van der Waals surface area contributed by atoms with Gasteiger partial charge in [0.1, 0.15) is 11.8 Å². The van der Waals surface area contributed by atoms with Crippen LogP contribution in [-0.2, 0) is 36.8 Å². The van der Waals surface area contributed by atoms with E-state index >= 15 is 0 Å². The van der Waals surface area contributed by atoms with E-state index in [1.807, 2.05) is 18.2 Å². The van der Waals surface area contributed by atoms with Crippen molar-refractivity contribution in [2.24, 2.45) is 17.6 Å². The lowest BCUT2D eigenvalue weighted by Gasteiger charge is -2.45. The second-order valence-electron chi connectivity index (χ2n) is 11.7. The maximum absolute atomic E-state index is 14.7. The summed E-state index contributed by atoms with van der Waals surface area (Å²) in [4.78, 5) is 63.0. The number of nitrogens with two attached hydrogens (primary N) is 1. The topological polar surface area (TPSA) is 165 Å². The van der Waals surface area contributed by atoms with Crippen LogP contribution in [-0.4, -0.2) is 81.4 Å². The average Bonchev–Trinajstić information content (AvgIpc) is 3.50. The molecule has 11 nitrogen and oxygen atoms in total. The first-order valence-electron chi connectivity index (χ1n) is 15.0. The minimum absolute atomic E-state index is 0.0226. The van der Waals surface area contributed by atoms with Crippen LogP contribution in [0.25, 0.3) is 0 Å². The van der Waals surface area contributed by atoms with E-state index < -0.39 is 47.5 Å². The summed E-state index contributed by atoms with van der Waals surface area (Å²) in [5, 5.41) is 15.9. The number of carbonyl (C=O) groups excluding carboxylic acids is 4. The van der Waals surface area contributed by atoms with Crippen molar-refractivity contribution >= 4 is 35.4 Å². The molecule has 2 aromatic rings. The summed E-state index contributed by atoms with van der Waals surface area (Å²) in [6.07, 6.45) is 5.69. The molecule has 0 aromatic carbocycles. The number of likely N-dealkylation sites (N-methyl/N-ethyl adjacent to an activating group) is 1. The number of aliphatic hydroxyl groups excluding tert-OH is 1.